The lowest BCUT2D eigenvalue weighted by molar-refractivity contribution is 0.623. The molecule has 3 aromatic carbocycles. The van der Waals surface area contributed by atoms with Crippen LogP contribution in [0.2, 0.25) is 0 Å². The molecule has 4 rings (SSSR count). The third kappa shape index (κ3) is 3.40. The summed E-state index contributed by atoms with van der Waals surface area (Å²) in [5, 5.41) is 0. The first-order chi connectivity index (χ1) is 13.9. The summed E-state index contributed by atoms with van der Waals surface area (Å²) in [5.74, 6) is 1.20. The maximum atomic E-state index is 14.3. The van der Waals surface area contributed by atoms with Gasteiger partial charge in [0.05, 0.1) is 15.7 Å². The van der Waals surface area contributed by atoms with Gasteiger partial charge in [-0.1, -0.05) is 76.2 Å². The summed E-state index contributed by atoms with van der Waals surface area (Å²) in [7, 11) is 0. The molecule has 0 spiro atoms. The molecule has 1 heterocycles. The standard InChI is InChI=1S/C25H24BrFN2/c1-15(2)18-11-8-12-19(16(3)4)24(18)29-21-14-13-20(27)22(26)23(21)28-25(29)17-9-6-5-7-10-17/h5-16H,1-4H3. The zero-order chi connectivity index (χ0) is 20.7. The SMILES string of the molecule is CC(C)c1cccc(C(C)C)c1-n1c(-c2ccccc2)nc2c(Br)c(F)ccc21. The Morgan fingerprint density at radius 1 is 0.828 bits per heavy atom. The number of nitrogens with zero attached hydrogens (tertiary/aromatic N) is 2. The highest BCUT2D eigenvalue weighted by Gasteiger charge is 2.23. The number of rotatable bonds is 4. The van der Waals surface area contributed by atoms with Crippen LogP contribution in [0, 0.1) is 5.82 Å². The monoisotopic (exact) mass is 450 g/mol. The van der Waals surface area contributed by atoms with E-state index in [2.05, 4.69) is 78.5 Å². The molecule has 148 valence electrons. The van der Waals surface area contributed by atoms with Gasteiger partial charge in [0.15, 0.2) is 0 Å². The second-order valence-corrected chi connectivity index (χ2v) is 8.75. The van der Waals surface area contributed by atoms with Gasteiger partial charge in [0, 0.05) is 5.56 Å². The van der Waals surface area contributed by atoms with Crippen LogP contribution < -0.4 is 0 Å². The van der Waals surface area contributed by atoms with E-state index < -0.39 is 0 Å². The third-order valence-corrected chi connectivity index (χ3v) is 6.07. The minimum Gasteiger partial charge on any atom is -0.292 e. The van der Waals surface area contributed by atoms with Crippen molar-refractivity contribution in [1.82, 2.24) is 9.55 Å². The zero-order valence-electron chi connectivity index (χ0n) is 17.1. The summed E-state index contributed by atoms with van der Waals surface area (Å²) in [6.45, 7) is 8.83. The first-order valence-electron chi connectivity index (χ1n) is 9.95. The maximum absolute atomic E-state index is 14.3. The Labute approximate surface area is 179 Å². The number of fused-ring (bicyclic) bond motifs is 1. The van der Waals surface area contributed by atoms with E-state index in [0.717, 1.165) is 22.6 Å². The normalized spacial score (nSPS) is 11.7. The second kappa shape index (κ2) is 7.75. The lowest BCUT2D eigenvalue weighted by atomic mass is 9.92. The van der Waals surface area contributed by atoms with E-state index in [9.17, 15) is 4.39 Å². The van der Waals surface area contributed by atoms with Gasteiger partial charge in [0.2, 0.25) is 0 Å². The van der Waals surface area contributed by atoms with Crippen molar-refractivity contribution in [3.8, 4) is 17.1 Å². The van der Waals surface area contributed by atoms with Crippen LogP contribution in [0.4, 0.5) is 4.39 Å². The largest absolute Gasteiger partial charge is 0.292 e. The number of para-hydroxylation sites is 1. The van der Waals surface area contributed by atoms with Gasteiger partial charge in [-0.05, 0) is 51.0 Å². The molecule has 2 nitrogen and oxygen atoms in total. The number of halogens is 2. The molecule has 4 aromatic rings. The van der Waals surface area contributed by atoms with E-state index in [-0.39, 0.29) is 5.82 Å². The Balaban J connectivity index is 2.19. The average Bonchev–Trinajstić information content (AvgIpc) is 3.10. The molecule has 29 heavy (non-hydrogen) atoms. The van der Waals surface area contributed by atoms with Crippen molar-refractivity contribution in [2.75, 3.05) is 0 Å². The highest BCUT2D eigenvalue weighted by molar-refractivity contribution is 9.10. The van der Waals surface area contributed by atoms with Crippen molar-refractivity contribution in [3.05, 3.63) is 82.1 Å². The van der Waals surface area contributed by atoms with Gasteiger partial charge in [-0.3, -0.25) is 4.57 Å². The molecule has 4 heteroatoms. The predicted molar refractivity (Wildman–Crippen MR) is 122 cm³/mol. The minimum atomic E-state index is -0.303. The highest BCUT2D eigenvalue weighted by Crippen LogP contribution is 2.38. The minimum absolute atomic E-state index is 0.303. The fraction of sp³-hybridized carbons (Fsp3) is 0.240. The van der Waals surface area contributed by atoms with Crippen LogP contribution >= 0.6 is 15.9 Å². The summed E-state index contributed by atoms with van der Waals surface area (Å²) in [6.07, 6.45) is 0. The molecule has 0 radical (unpaired) electrons. The molecular weight excluding hydrogens is 427 g/mol. The Kier molecular flexibility index (Phi) is 5.30. The van der Waals surface area contributed by atoms with Crippen LogP contribution in [0.1, 0.15) is 50.7 Å². The maximum Gasteiger partial charge on any atom is 0.145 e. The Morgan fingerprint density at radius 3 is 2.03 bits per heavy atom. The third-order valence-electron chi connectivity index (χ3n) is 5.32. The molecule has 0 N–H and O–H groups in total. The van der Waals surface area contributed by atoms with Crippen molar-refractivity contribution in [2.24, 2.45) is 0 Å². The molecule has 0 fully saturated rings. The van der Waals surface area contributed by atoms with Crippen molar-refractivity contribution in [1.29, 1.82) is 0 Å². The molecule has 0 saturated heterocycles. The first-order valence-corrected chi connectivity index (χ1v) is 10.7. The van der Waals surface area contributed by atoms with Crippen molar-refractivity contribution >= 4 is 27.0 Å². The summed E-state index contributed by atoms with van der Waals surface area (Å²) in [5.41, 5.74) is 6.20. The van der Waals surface area contributed by atoms with E-state index >= 15 is 0 Å². The summed E-state index contributed by atoms with van der Waals surface area (Å²) < 4.78 is 16.9. The van der Waals surface area contributed by atoms with Crippen LogP contribution in [0.3, 0.4) is 0 Å². The van der Waals surface area contributed by atoms with E-state index in [4.69, 9.17) is 4.98 Å². The lowest BCUT2D eigenvalue weighted by Gasteiger charge is -2.22. The molecule has 0 bridgehead atoms. The molecule has 0 atom stereocenters. The van der Waals surface area contributed by atoms with Crippen molar-refractivity contribution in [2.45, 2.75) is 39.5 Å². The predicted octanol–water partition coefficient (Wildman–Crippen LogP) is 7.84. The number of benzene rings is 3. The van der Waals surface area contributed by atoms with Gasteiger partial charge in [-0.15, -0.1) is 0 Å². The van der Waals surface area contributed by atoms with Gasteiger partial charge in [0.25, 0.3) is 0 Å². The Bertz CT molecular complexity index is 1150. The molecule has 0 aliphatic rings. The topological polar surface area (TPSA) is 17.8 Å². The van der Waals surface area contributed by atoms with E-state index in [1.165, 1.54) is 17.2 Å². The van der Waals surface area contributed by atoms with Gasteiger partial charge in [-0.25, -0.2) is 9.37 Å². The Morgan fingerprint density at radius 2 is 1.45 bits per heavy atom. The fourth-order valence-electron chi connectivity index (χ4n) is 3.86. The van der Waals surface area contributed by atoms with E-state index in [1.54, 1.807) is 0 Å². The fourth-order valence-corrected chi connectivity index (χ4v) is 4.29. The molecule has 0 aliphatic carbocycles. The van der Waals surface area contributed by atoms with Crippen LogP contribution in [-0.2, 0) is 0 Å². The van der Waals surface area contributed by atoms with Crippen LogP contribution in [0.25, 0.3) is 28.1 Å². The number of aromatic nitrogens is 2. The molecule has 0 amide bonds. The smallest absolute Gasteiger partial charge is 0.145 e. The first kappa shape index (κ1) is 19.8. The highest BCUT2D eigenvalue weighted by atomic mass is 79.9. The Hall–Kier alpha value is -2.46. The molecule has 0 aliphatic heterocycles. The van der Waals surface area contributed by atoms with E-state index in [1.807, 2.05) is 24.3 Å². The molecular formula is C25H24BrFN2. The summed E-state index contributed by atoms with van der Waals surface area (Å²) in [6, 6.07) is 19.9. The van der Waals surface area contributed by atoms with Crippen molar-refractivity contribution < 1.29 is 4.39 Å². The summed E-state index contributed by atoms with van der Waals surface area (Å²) in [4.78, 5) is 4.90. The van der Waals surface area contributed by atoms with Crippen molar-refractivity contribution in [3.63, 3.8) is 0 Å². The molecule has 1 aromatic heterocycles. The average molecular weight is 451 g/mol. The second-order valence-electron chi connectivity index (χ2n) is 7.96. The van der Waals surface area contributed by atoms with Crippen LogP contribution in [-0.4, -0.2) is 9.55 Å². The van der Waals surface area contributed by atoms with Gasteiger partial charge in [0.1, 0.15) is 17.2 Å². The van der Waals surface area contributed by atoms with Gasteiger partial charge in [-0.2, -0.15) is 0 Å². The summed E-state index contributed by atoms with van der Waals surface area (Å²) >= 11 is 3.42. The number of hydrogen-bond acceptors (Lipinski definition) is 1. The lowest BCUT2D eigenvalue weighted by Crippen LogP contribution is -2.08. The number of hydrogen-bond donors (Lipinski definition) is 0. The van der Waals surface area contributed by atoms with Gasteiger partial charge < -0.3 is 0 Å². The van der Waals surface area contributed by atoms with Crippen LogP contribution in [0.5, 0.6) is 0 Å². The molecule has 0 unspecified atom stereocenters. The van der Waals surface area contributed by atoms with Gasteiger partial charge >= 0.3 is 0 Å². The quantitative estimate of drug-likeness (QED) is 0.309. The van der Waals surface area contributed by atoms with E-state index in [0.29, 0.717) is 21.8 Å². The zero-order valence-corrected chi connectivity index (χ0v) is 18.7. The molecule has 0 saturated carbocycles. The number of imidazole rings is 1. The van der Waals surface area contributed by atoms with Crippen LogP contribution in [0.15, 0.2) is 65.1 Å².